The molecule has 1 N–H and O–H groups in total. The zero-order valence-electron chi connectivity index (χ0n) is 14.1. The Morgan fingerprint density at radius 1 is 1.16 bits per heavy atom. The van der Waals surface area contributed by atoms with Gasteiger partial charge >= 0.3 is 0 Å². The van der Waals surface area contributed by atoms with Crippen molar-refractivity contribution in [2.75, 3.05) is 5.75 Å². The maximum atomic E-state index is 12.1. The molecule has 2 aromatic rings. The SMILES string of the molecule is CCC1C(SCC(=O)NCc2ccccc2)=NN=C1c1cccnc1. The molecule has 1 unspecified atom stereocenters. The van der Waals surface area contributed by atoms with E-state index in [9.17, 15) is 4.79 Å². The Labute approximate surface area is 151 Å². The van der Waals surface area contributed by atoms with Crippen molar-refractivity contribution in [3.63, 3.8) is 0 Å². The molecule has 1 aromatic carbocycles. The quantitative estimate of drug-likeness (QED) is 0.867. The minimum Gasteiger partial charge on any atom is -0.351 e. The summed E-state index contributed by atoms with van der Waals surface area (Å²) in [7, 11) is 0. The summed E-state index contributed by atoms with van der Waals surface area (Å²) in [6, 6.07) is 13.8. The summed E-state index contributed by atoms with van der Waals surface area (Å²) >= 11 is 1.46. The van der Waals surface area contributed by atoms with Gasteiger partial charge in [0.2, 0.25) is 5.91 Å². The fourth-order valence-corrected chi connectivity index (χ4v) is 3.58. The summed E-state index contributed by atoms with van der Waals surface area (Å²) in [5.41, 5.74) is 3.01. The van der Waals surface area contributed by atoms with Crippen LogP contribution in [0.15, 0.2) is 65.1 Å². The van der Waals surface area contributed by atoms with E-state index in [1.54, 1.807) is 12.4 Å². The Bertz CT molecular complexity index is 775. The lowest BCUT2D eigenvalue weighted by Crippen LogP contribution is -2.26. The third-order valence-corrected chi connectivity index (χ3v) is 5.00. The number of aromatic nitrogens is 1. The number of carbonyl (C=O) groups excluding carboxylic acids is 1. The van der Waals surface area contributed by atoms with Crippen LogP contribution >= 0.6 is 11.8 Å². The van der Waals surface area contributed by atoms with Gasteiger partial charge in [-0.15, -0.1) is 5.10 Å². The minimum atomic E-state index is 0.00114. The molecule has 1 aliphatic heterocycles. The van der Waals surface area contributed by atoms with Crippen LogP contribution in [-0.2, 0) is 11.3 Å². The summed E-state index contributed by atoms with van der Waals surface area (Å²) in [6.45, 7) is 2.65. The van der Waals surface area contributed by atoms with Crippen LogP contribution in [-0.4, -0.2) is 27.4 Å². The molecule has 0 spiro atoms. The summed E-state index contributed by atoms with van der Waals surface area (Å²) in [5, 5.41) is 12.5. The highest BCUT2D eigenvalue weighted by molar-refractivity contribution is 8.14. The first-order valence-electron chi connectivity index (χ1n) is 8.27. The monoisotopic (exact) mass is 352 g/mol. The Hall–Kier alpha value is -2.47. The van der Waals surface area contributed by atoms with Gasteiger partial charge in [0.1, 0.15) is 5.04 Å². The molecule has 0 radical (unpaired) electrons. The molecule has 0 fully saturated rings. The molecular weight excluding hydrogens is 332 g/mol. The van der Waals surface area contributed by atoms with E-state index in [0.717, 1.165) is 28.3 Å². The van der Waals surface area contributed by atoms with Gasteiger partial charge in [-0.05, 0) is 24.1 Å². The average molecular weight is 352 g/mol. The first-order valence-corrected chi connectivity index (χ1v) is 9.25. The van der Waals surface area contributed by atoms with Gasteiger partial charge in [-0.2, -0.15) is 5.10 Å². The van der Waals surface area contributed by atoms with Crippen molar-refractivity contribution >= 4 is 28.4 Å². The van der Waals surface area contributed by atoms with E-state index in [2.05, 4.69) is 27.4 Å². The molecule has 1 aliphatic rings. The van der Waals surface area contributed by atoms with Crippen molar-refractivity contribution in [3.8, 4) is 0 Å². The summed E-state index contributed by atoms with van der Waals surface area (Å²) in [4.78, 5) is 16.2. The summed E-state index contributed by atoms with van der Waals surface area (Å²) < 4.78 is 0. The number of hydrogen-bond donors (Lipinski definition) is 1. The molecule has 0 saturated heterocycles. The number of thioether (sulfide) groups is 1. The zero-order chi connectivity index (χ0) is 17.5. The second-order valence-corrected chi connectivity index (χ2v) is 6.67. The first-order chi connectivity index (χ1) is 12.3. The Morgan fingerprint density at radius 2 is 2.00 bits per heavy atom. The number of benzene rings is 1. The van der Waals surface area contributed by atoms with Crippen LogP contribution in [0.2, 0.25) is 0 Å². The van der Waals surface area contributed by atoms with Crippen molar-refractivity contribution in [2.24, 2.45) is 16.1 Å². The predicted octanol–water partition coefficient (Wildman–Crippen LogP) is 3.27. The lowest BCUT2D eigenvalue weighted by Gasteiger charge is -2.13. The summed E-state index contributed by atoms with van der Waals surface area (Å²) in [6.07, 6.45) is 4.44. The highest BCUT2D eigenvalue weighted by Gasteiger charge is 2.27. The van der Waals surface area contributed by atoms with Crippen LogP contribution in [0.1, 0.15) is 24.5 Å². The predicted molar refractivity (Wildman–Crippen MR) is 103 cm³/mol. The molecule has 0 bridgehead atoms. The normalized spacial score (nSPS) is 16.3. The van der Waals surface area contributed by atoms with Gasteiger partial charge in [0.15, 0.2) is 0 Å². The molecular formula is C19H20N4OS. The van der Waals surface area contributed by atoms with E-state index in [4.69, 9.17) is 0 Å². The standard InChI is InChI=1S/C19H20N4OS/c1-2-16-18(15-9-6-10-20-12-15)22-23-19(16)25-13-17(24)21-11-14-7-4-3-5-8-14/h3-10,12,16H,2,11,13H2,1H3,(H,21,24). The molecule has 25 heavy (non-hydrogen) atoms. The largest absolute Gasteiger partial charge is 0.351 e. The van der Waals surface area contributed by atoms with Crippen LogP contribution in [0.4, 0.5) is 0 Å². The number of pyridine rings is 1. The number of nitrogens with one attached hydrogen (secondary N) is 1. The van der Waals surface area contributed by atoms with Gasteiger partial charge in [0.25, 0.3) is 0 Å². The van der Waals surface area contributed by atoms with E-state index in [-0.39, 0.29) is 11.8 Å². The highest BCUT2D eigenvalue weighted by atomic mass is 32.2. The number of rotatable bonds is 6. The van der Waals surface area contributed by atoms with Gasteiger partial charge < -0.3 is 5.32 Å². The lowest BCUT2D eigenvalue weighted by atomic mass is 9.97. The number of nitrogens with zero attached hydrogens (tertiary/aromatic N) is 3. The highest BCUT2D eigenvalue weighted by Crippen LogP contribution is 2.26. The minimum absolute atomic E-state index is 0.00114. The Balaban J connectivity index is 1.51. The van der Waals surface area contributed by atoms with Gasteiger partial charge in [-0.3, -0.25) is 9.78 Å². The van der Waals surface area contributed by atoms with Gasteiger partial charge in [0, 0.05) is 24.5 Å². The van der Waals surface area contributed by atoms with Crippen LogP contribution in [0, 0.1) is 5.92 Å². The third-order valence-electron chi connectivity index (χ3n) is 3.93. The van der Waals surface area contributed by atoms with E-state index in [1.165, 1.54) is 11.8 Å². The van der Waals surface area contributed by atoms with Crippen molar-refractivity contribution in [3.05, 3.63) is 66.0 Å². The first kappa shape index (κ1) is 17.4. The number of carbonyl (C=O) groups is 1. The molecule has 128 valence electrons. The smallest absolute Gasteiger partial charge is 0.230 e. The topological polar surface area (TPSA) is 66.7 Å². The van der Waals surface area contributed by atoms with Crippen molar-refractivity contribution in [1.82, 2.24) is 10.3 Å². The third kappa shape index (κ3) is 4.54. The van der Waals surface area contributed by atoms with Crippen molar-refractivity contribution < 1.29 is 4.79 Å². The Kier molecular flexibility index (Phi) is 5.95. The zero-order valence-corrected chi connectivity index (χ0v) is 14.9. The fraction of sp³-hybridized carbons (Fsp3) is 0.263. The second kappa shape index (κ2) is 8.58. The fourth-order valence-electron chi connectivity index (χ4n) is 2.62. The number of hydrogen-bond acceptors (Lipinski definition) is 5. The Morgan fingerprint density at radius 3 is 2.72 bits per heavy atom. The van der Waals surface area contributed by atoms with E-state index < -0.39 is 0 Å². The summed E-state index contributed by atoms with van der Waals surface area (Å²) in [5.74, 6) is 0.482. The van der Waals surface area contributed by atoms with Crippen LogP contribution in [0.3, 0.4) is 0 Å². The molecule has 1 amide bonds. The molecule has 1 atom stereocenters. The van der Waals surface area contributed by atoms with Gasteiger partial charge in [-0.25, -0.2) is 0 Å². The molecule has 0 aliphatic carbocycles. The van der Waals surface area contributed by atoms with Gasteiger partial charge in [-0.1, -0.05) is 49.0 Å². The maximum Gasteiger partial charge on any atom is 0.230 e. The van der Waals surface area contributed by atoms with Crippen LogP contribution < -0.4 is 5.32 Å². The van der Waals surface area contributed by atoms with Crippen molar-refractivity contribution in [1.29, 1.82) is 0 Å². The van der Waals surface area contributed by atoms with E-state index >= 15 is 0 Å². The second-order valence-electron chi connectivity index (χ2n) is 5.68. The van der Waals surface area contributed by atoms with Crippen LogP contribution in [0.25, 0.3) is 0 Å². The molecule has 5 nitrogen and oxygen atoms in total. The van der Waals surface area contributed by atoms with Crippen LogP contribution in [0.5, 0.6) is 0 Å². The van der Waals surface area contributed by atoms with Crippen molar-refractivity contribution in [2.45, 2.75) is 19.9 Å². The molecule has 0 saturated carbocycles. The van der Waals surface area contributed by atoms with E-state index in [1.807, 2.05) is 42.5 Å². The molecule has 6 heteroatoms. The lowest BCUT2D eigenvalue weighted by molar-refractivity contribution is -0.118. The van der Waals surface area contributed by atoms with Gasteiger partial charge in [0.05, 0.1) is 17.4 Å². The maximum absolute atomic E-state index is 12.1. The average Bonchev–Trinajstić information content (AvgIpc) is 3.09. The molecule has 1 aromatic heterocycles. The molecule has 2 heterocycles. The molecule has 3 rings (SSSR count). The number of amides is 1. The van der Waals surface area contributed by atoms with E-state index in [0.29, 0.717) is 12.3 Å².